The van der Waals surface area contributed by atoms with Crippen LogP contribution >= 0.6 is 0 Å². The molecule has 21 heavy (non-hydrogen) atoms. The largest absolute Gasteiger partial charge is 0.359 e. The first kappa shape index (κ1) is 13.6. The van der Waals surface area contributed by atoms with Gasteiger partial charge in [0.2, 0.25) is 0 Å². The predicted octanol–water partition coefficient (Wildman–Crippen LogP) is 2.92. The van der Waals surface area contributed by atoms with E-state index in [1.54, 1.807) is 12.4 Å². The summed E-state index contributed by atoms with van der Waals surface area (Å²) in [4.78, 5) is 11.8. The molecule has 0 aromatic carbocycles. The maximum absolute atomic E-state index is 4.63. The number of H-pyrrole nitrogens is 1. The van der Waals surface area contributed by atoms with E-state index in [0.717, 1.165) is 22.9 Å². The van der Waals surface area contributed by atoms with Gasteiger partial charge in [-0.1, -0.05) is 20.8 Å². The Morgan fingerprint density at radius 2 is 2.05 bits per heavy atom. The molecule has 1 atom stereocenters. The molecule has 0 aliphatic heterocycles. The Kier molecular flexibility index (Phi) is 3.16. The highest BCUT2D eigenvalue weighted by atomic mass is 15.2. The van der Waals surface area contributed by atoms with Crippen LogP contribution in [-0.2, 0) is 5.41 Å². The number of fused-ring (bicyclic) bond motifs is 1. The van der Waals surface area contributed by atoms with Crippen molar-refractivity contribution < 1.29 is 0 Å². The minimum absolute atomic E-state index is 0.00984. The number of imidazole rings is 1. The molecular weight excluding hydrogens is 264 g/mol. The zero-order valence-corrected chi connectivity index (χ0v) is 12.8. The van der Waals surface area contributed by atoms with E-state index in [-0.39, 0.29) is 11.5 Å². The smallest absolute Gasteiger partial charge is 0.152 e. The summed E-state index contributed by atoms with van der Waals surface area (Å²) in [5, 5.41) is 8.01. The lowest BCUT2D eigenvalue weighted by Gasteiger charge is -2.13. The number of nitrogens with zero attached hydrogens (tertiary/aromatic N) is 4. The average Bonchev–Trinajstić information content (AvgIpc) is 3.07. The van der Waals surface area contributed by atoms with E-state index in [9.17, 15) is 0 Å². The highest BCUT2D eigenvalue weighted by Gasteiger charge is 2.19. The molecule has 0 aliphatic carbocycles. The molecule has 110 valence electrons. The number of aromatic nitrogens is 5. The molecule has 0 radical (unpaired) electrons. The van der Waals surface area contributed by atoms with Crippen molar-refractivity contribution in [3.05, 3.63) is 42.4 Å². The van der Waals surface area contributed by atoms with Crippen LogP contribution in [0, 0.1) is 0 Å². The van der Waals surface area contributed by atoms with Crippen LogP contribution < -0.4 is 5.32 Å². The molecule has 3 rings (SSSR count). The van der Waals surface area contributed by atoms with E-state index in [4.69, 9.17) is 0 Å². The van der Waals surface area contributed by atoms with Crippen molar-refractivity contribution in [3.8, 4) is 0 Å². The van der Waals surface area contributed by atoms with Crippen molar-refractivity contribution in [2.24, 2.45) is 0 Å². The van der Waals surface area contributed by atoms with Crippen LogP contribution in [0.25, 0.3) is 5.52 Å². The van der Waals surface area contributed by atoms with E-state index in [2.05, 4.69) is 52.2 Å². The van der Waals surface area contributed by atoms with Gasteiger partial charge in [0.15, 0.2) is 5.82 Å². The van der Waals surface area contributed by atoms with Crippen LogP contribution in [0.1, 0.15) is 45.3 Å². The lowest BCUT2D eigenvalue weighted by molar-refractivity contribution is 0.562. The minimum atomic E-state index is 0.00984. The molecule has 3 aromatic heterocycles. The fraction of sp³-hybridized carbons (Fsp3) is 0.400. The summed E-state index contributed by atoms with van der Waals surface area (Å²) in [6, 6.07) is 2.14. The monoisotopic (exact) mass is 284 g/mol. The topological polar surface area (TPSA) is 70.9 Å². The predicted molar refractivity (Wildman–Crippen MR) is 82.3 cm³/mol. The third-order valence-electron chi connectivity index (χ3n) is 3.44. The average molecular weight is 284 g/mol. The number of aromatic amines is 1. The standard InChI is InChI=1S/C15H20N6/c1-10(13-16-5-6-17-13)19-14-11-9-12(15(2,3)4)20-21(11)8-7-18-14/h5-10H,1-4H3,(H,16,17)(H,18,19). The summed E-state index contributed by atoms with van der Waals surface area (Å²) >= 11 is 0. The number of nitrogens with one attached hydrogen (secondary N) is 2. The lowest BCUT2D eigenvalue weighted by Crippen LogP contribution is -2.11. The van der Waals surface area contributed by atoms with Gasteiger partial charge >= 0.3 is 0 Å². The third kappa shape index (κ3) is 2.61. The van der Waals surface area contributed by atoms with Crippen molar-refractivity contribution in [1.29, 1.82) is 0 Å². The first-order chi connectivity index (χ1) is 9.95. The summed E-state index contributed by atoms with van der Waals surface area (Å²) in [5.74, 6) is 1.69. The molecule has 0 aliphatic rings. The van der Waals surface area contributed by atoms with E-state index >= 15 is 0 Å². The Labute approximate surface area is 123 Å². The second-order valence-corrected chi connectivity index (χ2v) is 6.23. The van der Waals surface area contributed by atoms with Gasteiger partial charge in [0.05, 0.1) is 11.7 Å². The lowest BCUT2D eigenvalue weighted by atomic mass is 9.92. The molecule has 6 nitrogen and oxygen atoms in total. The Bertz CT molecular complexity index is 735. The fourth-order valence-electron chi connectivity index (χ4n) is 2.19. The Morgan fingerprint density at radius 1 is 1.24 bits per heavy atom. The van der Waals surface area contributed by atoms with Gasteiger partial charge < -0.3 is 10.3 Å². The maximum Gasteiger partial charge on any atom is 0.152 e. The fourth-order valence-corrected chi connectivity index (χ4v) is 2.19. The molecule has 6 heteroatoms. The number of rotatable bonds is 3. The van der Waals surface area contributed by atoms with Crippen molar-refractivity contribution in [3.63, 3.8) is 0 Å². The first-order valence-electron chi connectivity index (χ1n) is 7.06. The zero-order chi connectivity index (χ0) is 15.0. The van der Waals surface area contributed by atoms with Gasteiger partial charge in [-0.2, -0.15) is 5.10 Å². The summed E-state index contributed by atoms with van der Waals surface area (Å²) < 4.78 is 1.87. The molecule has 0 bridgehead atoms. The van der Waals surface area contributed by atoms with Crippen molar-refractivity contribution in [2.45, 2.75) is 39.2 Å². The van der Waals surface area contributed by atoms with Crippen molar-refractivity contribution in [2.75, 3.05) is 5.32 Å². The van der Waals surface area contributed by atoms with Gasteiger partial charge in [0, 0.05) is 30.2 Å². The molecule has 1 unspecified atom stereocenters. The molecule has 0 spiro atoms. The quantitative estimate of drug-likeness (QED) is 0.775. The van der Waals surface area contributed by atoms with Crippen LogP contribution in [-0.4, -0.2) is 24.6 Å². The minimum Gasteiger partial charge on any atom is -0.359 e. The number of anilines is 1. The molecule has 2 N–H and O–H groups in total. The van der Waals surface area contributed by atoms with E-state index in [0.29, 0.717) is 0 Å². The summed E-state index contributed by atoms with van der Waals surface area (Å²) in [5.41, 5.74) is 2.03. The summed E-state index contributed by atoms with van der Waals surface area (Å²) in [6.07, 6.45) is 7.19. The Hall–Kier alpha value is -2.37. The van der Waals surface area contributed by atoms with Crippen LogP contribution in [0.4, 0.5) is 5.82 Å². The molecular formula is C15H20N6. The first-order valence-corrected chi connectivity index (χ1v) is 7.06. The van der Waals surface area contributed by atoms with Crippen molar-refractivity contribution >= 4 is 11.3 Å². The van der Waals surface area contributed by atoms with E-state index in [1.807, 2.05) is 23.8 Å². The third-order valence-corrected chi connectivity index (χ3v) is 3.44. The van der Waals surface area contributed by atoms with Crippen LogP contribution in [0.3, 0.4) is 0 Å². The van der Waals surface area contributed by atoms with E-state index < -0.39 is 0 Å². The van der Waals surface area contributed by atoms with Gasteiger partial charge in [0.1, 0.15) is 11.3 Å². The highest BCUT2D eigenvalue weighted by Crippen LogP contribution is 2.25. The van der Waals surface area contributed by atoms with Gasteiger partial charge in [-0.3, -0.25) is 0 Å². The Morgan fingerprint density at radius 3 is 2.71 bits per heavy atom. The molecule has 0 saturated heterocycles. The second kappa shape index (κ2) is 4.87. The van der Waals surface area contributed by atoms with Crippen molar-refractivity contribution in [1.82, 2.24) is 24.6 Å². The van der Waals surface area contributed by atoms with E-state index in [1.165, 1.54) is 0 Å². The number of hydrogen-bond donors (Lipinski definition) is 2. The van der Waals surface area contributed by atoms with Crippen LogP contribution in [0.2, 0.25) is 0 Å². The number of hydrogen-bond acceptors (Lipinski definition) is 4. The highest BCUT2D eigenvalue weighted by molar-refractivity contribution is 5.68. The van der Waals surface area contributed by atoms with Gasteiger partial charge in [-0.05, 0) is 13.0 Å². The molecule has 0 amide bonds. The maximum atomic E-state index is 4.63. The van der Waals surface area contributed by atoms with Gasteiger partial charge in [-0.25, -0.2) is 14.5 Å². The van der Waals surface area contributed by atoms with Gasteiger partial charge in [-0.15, -0.1) is 0 Å². The van der Waals surface area contributed by atoms with Gasteiger partial charge in [0.25, 0.3) is 0 Å². The zero-order valence-electron chi connectivity index (χ0n) is 12.8. The normalized spacial score (nSPS) is 13.5. The molecule has 3 heterocycles. The molecule has 0 fully saturated rings. The molecule has 0 saturated carbocycles. The SMILES string of the molecule is CC(Nc1nccn2nc(C(C)(C)C)cc12)c1ncc[nH]1. The van der Waals surface area contributed by atoms with Crippen LogP contribution in [0.5, 0.6) is 0 Å². The second-order valence-electron chi connectivity index (χ2n) is 6.23. The summed E-state index contributed by atoms with van der Waals surface area (Å²) in [6.45, 7) is 8.51. The Balaban J connectivity index is 1.97. The van der Waals surface area contributed by atoms with Crippen LogP contribution in [0.15, 0.2) is 30.9 Å². The molecule has 3 aromatic rings. The summed E-state index contributed by atoms with van der Waals surface area (Å²) in [7, 11) is 0.